The number of hydrogen-bond donors (Lipinski definition) is 1. The third kappa shape index (κ3) is 3.29. The van der Waals surface area contributed by atoms with Gasteiger partial charge < -0.3 is 10.6 Å². The Labute approximate surface area is 121 Å². The fraction of sp³-hybridized carbons (Fsp3) is 0.571. The van der Waals surface area contributed by atoms with Crippen molar-refractivity contribution in [3.8, 4) is 0 Å². The lowest BCUT2D eigenvalue weighted by molar-refractivity contribution is -0.385. The van der Waals surface area contributed by atoms with Crippen LogP contribution in [0.5, 0.6) is 0 Å². The number of nitro benzene ring substituents is 1. The van der Waals surface area contributed by atoms with E-state index in [4.69, 9.17) is 5.73 Å². The van der Waals surface area contributed by atoms with Gasteiger partial charge in [0.25, 0.3) is 5.69 Å². The Balaban J connectivity index is 2.32. The number of benzene rings is 1. The highest BCUT2D eigenvalue weighted by atomic mass is 19.1. The van der Waals surface area contributed by atoms with Crippen LogP contribution in [0.4, 0.5) is 20.2 Å². The van der Waals surface area contributed by atoms with Gasteiger partial charge in [-0.1, -0.05) is 0 Å². The molecular weight excluding hydrogens is 280 g/mol. The van der Waals surface area contributed by atoms with Crippen LogP contribution in [0.25, 0.3) is 0 Å². The molecular formula is C14H19F2N3O2. The van der Waals surface area contributed by atoms with Crippen molar-refractivity contribution in [1.82, 2.24) is 0 Å². The van der Waals surface area contributed by atoms with Crippen LogP contribution >= 0.6 is 0 Å². The van der Waals surface area contributed by atoms with Gasteiger partial charge in [0.1, 0.15) is 5.69 Å². The average molecular weight is 299 g/mol. The SMILES string of the molecule is CCN(c1c(F)cc([N+](=O)[O-])cc1F)C1CCC(N)CC1. The van der Waals surface area contributed by atoms with Crippen LogP contribution in [-0.4, -0.2) is 23.6 Å². The molecule has 1 fully saturated rings. The summed E-state index contributed by atoms with van der Waals surface area (Å²) in [6.45, 7) is 2.25. The summed E-state index contributed by atoms with van der Waals surface area (Å²) >= 11 is 0. The van der Waals surface area contributed by atoms with Crippen molar-refractivity contribution in [2.75, 3.05) is 11.4 Å². The number of nitrogens with zero attached hydrogens (tertiary/aromatic N) is 2. The third-order valence-corrected chi connectivity index (χ3v) is 4.02. The highest BCUT2D eigenvalue weighted by Gasteiger charge is 2.28. The van der Waals surface area contributed by atoms with Gasteiger partial charge >= 0.3 is 0 Å². The van der Waals surface area contributed by atoms with Gasteiger partial charge in [-0.3, -0.25) is 10.1 Å². The number of anilines is 1. The van der Waals surface area contributed by atoms with Gasteiger partial charge in [0.15, 0.2) is 11.6 Å². The number of hydrogen-bond acceptors (Lipinski definition) is 4. The molecule has 1 aromatic rings. The lowest BCUT2D eigenvalue weighted by Gasteiger charge is -2.37. The van der Waals surface area contributed by atoms with Crippen molar-refractivity contribution in [3.05, 3.63) is 33.9 Å². The van der Waals surface area contributed by atoms with Crippen LogP contribution < -0.4 is 10.6 Å². The molecule has 0 atom stereocenters. The molecule has 0 heterocycles. The molecule has 0 saturated heterocycles. The van der Waals surface area contributed by atoms with E-state index in [1.807, 2.05) is 6.92 Å². The second-order valence-electron chi connectivity index (χ2n) is 5.37. The highest BCUT2D eigenvalue weighted by Crippen LogP contribution is 2.33. The molecule has 1 aromatic carbocycles. The van der Waals surface area contributed by atoms with Crippen LogP contribution in [0.15, 0.2) is 12.1 Å². The van der Waals surface area contributed by atoms with Crippen molar-refractivity contribution >= 4 is 11.4 Å². The fourth-order valence-corrected chi connectivity index (χ4v) is 2.94. The average Bonchev–Trinajstić information content (AvgIpc) is 2.43. The minimum Gasteiger partial charge on any atom is -0.364 e. The predicted molar refractivity (Wildman–Crippen MR) is 76.3 cm³/mol. The summed E-state index contributed by atoms with van der Waals surface area (Å²) in [6, 6.07) is 1.71. The Morgan fingerprint density at radius 3 is 2.24 bits per heavy atom. The second kappa shape index (κ2) is 6.34. The smallest absolute Gasteiger partial charge is 0.275 e. The van der Waals surface area contributed by atoms with Crippen molar-refractivity contribution < 1.29 is 13.7 Å². The molecule has 116 valence electrons. The maximum atomic E-state index is 14.1. The minimum absolute atomic E-state index is 0.0141. The lowest BCUT2D eigenvalue weighted by atomic mass is 9.90. The predicted octanol–water partition coefficient (Wildman–Crippen LogP) is 2.97. The van der Waals surface area contributed by atoms with Gasteiger partial charge in [0.2, 0.25) is 0 Å². The van der Waals surface area contributed by atoms with E-state index in [-0.39, 0.29) is 17.8 Å². The van der Waals surface area contributed by atoms with E-state index in [0.717, 1.165) is 37.8 Å². The largest absolute Gasteiger partial charge is 0.364 e. The number of nitrogens with two attached hydrogens (primary N) is 1. The molecule has 21 heavy (non-hydrogen) atoms. The fourth-order valence-electron chi connectivity index (χ4n) is 2.94. The van der Waals surface area contributed by atoms with Crippen LogP contribution in [0, 0.1) is 21.7 Å². The monoisotopic (exact) mass is 299 g/mol. The first-order chi connectivity index (χ1) is 9.93. The maximum absolute atomic E-state index is 14.1. The lowest BCUT2D eigenvalue weighted by Crippen LogP contribution is -2.41. The van der Waals surface area contributed by atoms with E-state index in [0.29, 0.717) is 6.54 Å². The molecule has 0 aliphatic heterocycles. The Morgan fingerprint density at radius 1 is 1.29 bits per heavy atom. The molecule has 5 nitrogen and oxygen atoms in total. The standard InChI is InChI=1S/C14H19F2N3O2/c1-2-18(10-5-3-9(17)4-6-10)14-12(15)7-11(19(20)21)8-13(14)16/h7-10H,2-6,17H2,1H3. The minimum atomic E-state index is -0.890. The Kier molecular flexibility index (Phi) is 4.72. The second-order valence-corrected chi connectivity index (χ2v) is 5.37. The quantitative estimate of drug-likeness (QED) is 0.685. The van der Waals surface area contributed by atoms with Crippen molar-refractivity contribution in [3.63, 3.8) is 0 Å². The van der Waals surface area contributed by atoms with Crippen molar-refractivity contribution in [2.45, 2.75) is 44.7 Å². The molecule has 0 bridgehead atoms. The zero-order chi connectivity index (χ0) is 15.6. The van der Waals surface area contributed by atoms with E-state index in [2.05, 4.69) is 0 Å². The summed E-state index contributed by atoms with van der Waals surface area (Å²) in [5.74, 6) is -1.78. The van der Waals surface area contributed by atoms with Gasteiger partial charge in [0, 0.05) is 18.6 Å². The molecule has 0 spiro atoms. The molecule has 7 heteroatoms. The molecule has 2 N–H and O–H groups in total. The van der Waals surface area contributed by atoms with Crippen LogP contribution in [0.1, 0.15) is 32.6 Å². The Bertz CT molecular complexity index is 508. The number of rotatable bonds is 4. The summed E-state index contributed by atoms with van der Waals surface area (Å²) in [6.07, 6.45) is 3.17. The third-order valence-electron chi connectivity index (χ3n) is 4.02. The van der Waals surface area contributed by atoms with Crippen LogP contribution in [0.3, 0.4) is 0 Å². The Morgan fingerprint density at radius 2 is 1.81 bits per heavy atom. The first kappa shape index (κ1) is 15.6. The normalized spacial score (nSPS) is 22.1. The van der Waals surface area contributed by atoms with E-state index < -0.39 is 22.2 Å². The molecule has 1 aliphatic rings. The van der Waals surface area contributed by atoms with Gasteiger partial charge in [-0.15, -0.1) is 0 Å². The molecule has 1 aliphatic carbocycles. The van der Waals surface area contributed by atoms with E-state index in [1.165, 1.54) is 0 Å². The molecule has 0 radical (unpaired) electrons. The molecule has 0 aromatic heterocycles. The maximum Gasteiger partial charge on any atom is 0.275 e. The summed E-state index contributed by atoms with van der Waals surface area (Å²) in [7, 11) is 0. The number of non-ortho nitro benzene ring substituents is 1. The highest BCUT2D eigenvalue weighted by molar-refractivity contribution is 5.54. The topological polar surface area (TPSA) is 72.4 Å². The molecule has 0 unspecified atom stereocenters. The number of nitro groups is 1. The molecule has 0 amide bonds. The summed E-state index contributed by atoms with van der Waals surface area (Å²) < 4.78 is 28.3. The van der Waals surface area contributed by atoms with Gasteiger partial charge in [-0.25, -0.2) is 8.78 Å². The van der Waals surface area contributed by atoms with Crippen molar-refractivity contribution in [2.24, 2.45) is 5.73 Å². The van der Waals surface area contributed by atoms with Gasteiger partial charge in [0.05, 0.1) is 17.1 Å². The van der Waals surface area contributed by atoms with E-state index in [1.54, 1.807) is 4.90 Å². The molecule has 1 saturated carbocycles. The van der Waals surface area contributed by atoms with Gasteiger partial charge in [-0.2, -0.15) is 0 Å². The van der Waals surface area contributed by atoms with Crippen LogP contribution in [-0.2, 0) is 0 Å². The molecule has 2 rings (SSSR count). The zero-order valence-corrected chi connectivity index (χ0v) is 11.9. The van der Waals surface area contributed by atoms with Crippen LogP contribution in [0.2, 0.25) is 0 Å². The zero-order valence-electron chi connectivity index (χ0n) is 11.9. The summed E-state index contributed by atoms with van der Waals surface area (Å²) in [5, 5.41) is 10.6. The summed E-state index contributed by atoms with van der Waals surface area (Å²) in [5.41, 5.74) is 5.10. The number of halogens is 2. The first-order valence-corrected chi connectivity index (χ1v) is 7.09. The van der Waals surface area contributed by atoms with E-state index in [9.17, 15) is 18.9 Å². The van der Waals surface area contributed by atoms with Gasteiger partial charge in [-0.05, 0) is 32.6 Å². The van der Waals surface area contributed by atoms with E-state index >= 15 is 0 Å². The first-order valence-electron chi connectivity index (χ1n) is 7.09. The Hall–Kier alpha value is -1.76. The summed E-state index contributed by atoms with van der Waals surface area (Å²) in [4.78, 5) is 11.5. The van der Waals surface area contributed by atoms with Crippen molar-refractivity contribution in [1.29, 1.82) is 0 Å².